The topological polar surface area (TPSA) is 21.3 Å². The largest absolute Gasteiger partial charge is 0.482 e. The van der Waals surface area contributed by atoms with E-state index in [-0.39, 0.29) is 0 Å². The SMILES string of the molecule is CC(CNCc1cccc(OCBr)c1)c1ccccc1. The molecule has 106 valence electrons. The fourth-order valence-corrected chi connectivity index (χ4v) is 2.40. The standard InChI is InChI=1S/C17H20BrNO/c1-14(16-7-3-2-4-8-16)11-19-12-15-6-5-9-17(10-15)20-13-18/h2-10,14,19H,11-13H2,1H3. The molecule has 0 heterocycles. The molecule has 2 rings (SSSR count). The minimum atomic E-state index is 0.512. The van der Waals surface area contributed by atoms with Gasteiger partial charge in [-0.25, -0.2) is 0 Å². The van der Waals surface area contributed by atoms with Gasteiger partial charge in [0, 0.05) is 13.1 Å². The molecule has 0 saturated heterocycles. The second-order valence-electron chi connectivity index (χ2n) is 4.84. The van der Waals surface area contributed by atoms with Crippen molar-refractivity contribution >= 4 is 15.9 Å². The Morgan fingerprint density at radius 3 is 2.65 bits per heavy atom. The van der Waals surface area contributed by atoms with E-state index < -0.39 is 0 Å². The van der Waals surface area contributed by atoms with Crippen LogP contribution in [0.4, 0.5) is 0 Å². The number of nitrogens with one attached hydrogen (secondary N) is 1. The molecule has 0 radical (unpaired) electrons. The lowest BCUT2D eigenvalue weighted by Crippen LogP contribution is -2.19. The highest BCUT2D eigenvalue weighted by atomic mass is 79.9. The number of benzene rings is 2. The number of hydrogen-bond donors (Lipinski definition) is 1. The Labute approximate surface area is 129 Å². The zero-order valence-corrected chi connectivity index (χ0v) is 13.3. The summed E-state index contributed by atoms with van der Waals surface area (Å²) in [7, 11) is 0. The third kappa shape index (κ3) is 4.66. The predicted molar refractivity (Wildman–Crippen MR) is 87.4 cm³/mol. The number of alkyl halides is 1. The van der Waals surface area contributed by atoms with Crippen LogP contribution in [0.3, 0.4) is 0 Å². The van der Waals surface area contributed by atoms with E-state index in [0.29, 0.717) is 11.4 Å². The van der Waals surface area contributed by atoms with E-state index in [4.69, 9.17) is 4.74 Å². The Bertz CT molecular complexity index is 515. The molecular weight excluding hydrogens is 314 g/mol. The van der Waals surface area contributed by atoms with Gasteiger partial charge in [-0.15, -0.1) is 0 Å². The average Bonchev–Trinajstić information content (AvgIpc) is 2.49. The van der Waals surface area contributed by atoms with Crippen LogP contribution in [0, 0.1) is 0 Å². The van der Waals surface area contributed by atoms with Crippen molar-refractivity contribution < 1.29 is 4.74 Å². The smallest absolute Gasteiger partial charge is 0.143 e. The molecule has 0 fully saturated rings. The van der Waals surface area contributed by atoms with Crippen molar-refractivity contribution in [3.63, 3.8) is 0 Å². The van der Waals surface area contributed by atoms with E-state index in [1.54, 1.807) is 0 Å². The molecule has 1 N–H and O–H groups in total. The highest BCUT2D eigenvalue weighted by Crippen LogP contribution is 2.15. The van der Waals surface area contributed by atoms with Crippen LogP contribution >= 0.6 is 15.9 Å². The zero-order chi connectivity index (χ0) is 14.2. The minimum Gasteiger partial charge on any atom is -0.482 e. The molecule has 0 aliphatic rings. The zero-order valence-electron chi connectivity index (χ0n) is 11.7. The summed E-state index contributed by atoms with van der Waals surface area (Å²) in [6, 6.07) is 18.8. The summed E-state index contributed by atoms with van der Waals surface area (Å²) in [5.74, 6) is 1.41. The van der Waals surface area contributed by atoms with E-state index in [2.05, 4.69) is 70.6 Å². The van der Waals surface area contributed by atoms with Gasteiger partial charge in [0.25, 0.3) is 0 Å². The van der Waals surface area contributed by atoms with E-state index in [1.165, 1.54) is 11.1 Å². The Morgan fingerprint density at radius 2 is 1.90 bits per heavy atom. The fourth-order valence-electron chi connectivity index (χ4n) is 2.14. The van der Waals surface area contributed by atoms with E-state index >= 15 is 0 Å². The van der Waals surface area contributed by atoms with Gasteiger partial charge in [0.05, 0.1) is 0 Å². The van der Waals surface area contributed by atoms with Gasteiger partial charge in [0.15, 0.2) is 0 Å². The van der Waals surface area contributed by atoms with E-state index in [0.717, 1.165) is 18.8 Å². The van der Waals surface area contributed by atoms with Gasteiger partial charge in [-0.1, -0.05) is 49.4 Å². The van der Waals surface area contributed by atoms with Crippen LogP contribution in [0.15, 0.2) is 54.6 Å². The fraction of sp³-hybridized carbons (Fsp3) is 0.294. The van der Waals surface area contributed by atoms with Crippen molar-refractivity contribution in [2.24, 2.45) is 0 Å². The lowest BCUT2D eigenvalue weighted by Gasteiger charge is -2.13. The molecule has 3 heteroatoms. The lowest BCUT2D eigenvalue weighted by molar-refractivity contribution is 0.397. The van der Waals surface area contributed by atoms with Crippen LogP contribution in [0.1, 0.15) is 24.0 Å². The third-order valence-electron chi connectivity index (χ3n) is 3.27. The first kappa shape index (κ1) is 15.1. The first-order chi connectivity index (χ1) is 9.79. The molecule has 2 aromatic carbocycles. The van der Waals surface area contributed by atoms with Gasteiger partial charge in [0.2, 0.25) is 0 Å². The Morgan fingerprint density at radius 1 is 1.10 bits per heavy atom. The van der Waals surface area contributed by atoms with Gasteiger partial charge in [-0.05, 0) is 45.1 Å². The summed E-state index contributed by atoms with van der Waals surface area (Å²) in [5, 5.41) is 3.50. The first-order valence-electron chi connectivity index (χ1n) is 6.83. The average molecular weight is 334 g/mol. The second-order valence-corrected chi connectivity index (χ2v) is 5.30. The Balaban J connectivity index is 1.82. The molecule has 0 aliphatic heterocycles. The molecule has 0 bridgehead atoms. The van der Waals surface area contributed by atoms with Crippen molar-refractivity contribution in [2.45, 2.75) is 19.4 Å². The van der Waals surface area contributed by atoms with E-state index in [9.17, 15) is 0 Å². The molecule has 2 nitrogen and oxygen atoms in total. The molecule has 1 unspecified atom stereocenters. The lowest BCUT2D eigenvalue weighted by atomic mass is 10.0. The normalized spacial score (nSPS) is 12.1. The first-order valence-corrected chi connectivity index (χ1v) is 7.95. The minimum absolute atomic E-state index is 0.512. The summed E-state index contributed by atoms with van der Waals surface area (Å²) in [6.45, 7) is 4.07. The molecule has 0 saturated carbocycles. The van der Waals surface area contributed by atoms with Crippen LogP contribution in [0.25, 0.3) is 0 Å². The van der Waals surface area contributed by atoms with Crippen LogP contribution in [-0.4, -0.2) is 12.1 Å². The van der Waals surface area contributed by atoms with Gasteiger partial charge in [0.1, 0.15) is 11.3 Å². The van der Waals surface area contributed by atoms with Crippen LogP contribution < -0.4 is 10.1 Å². The molecular formula is C17H20BrNO. The molecule has 20 heavy (non-hydrogen) atoms. The summed E-state index contributed by atoms with van der Waals surface area (Å²) in [5.41, 5.74) is 3.13. The number of ether oxygens (including phenoxy) is 1. The van der Waals surface area contributed by atoms with E-state index in [1.807, 2.05) is 12.1 Å². The Hall–Kier alpha value is -1.32. The molecule has 2 aromatic rings. The van der Waals surface area contributed by atoms with Gasteiger partial charge in [-0.2, -0.15) is 0 Å². The quantitative estimate of drug-likeness (QED) is 0.762. The summed E-state index contributed by atoms with van der Waals surface area (Å²) in [6.07, 6.45) is 0. The number of rotatable bonds is 7. The monoisotopic (exact) mass is 333 g/mol. The van der Waals surface area contributed by atoms with Gasteiger partial charge in [-0.3, -0.25) is 0 Å². The maximum Gasteiger partial charge on any atom is 0.143 e. The van der Waals surface area contributed by atoms with Crippen molar-refractivity contribution in [3.8, 4) is 5.75 Å². The van der Waals surface area contributed by atoms with Crippen molar-refractivity contribution in [2.75, 3.05) is 12.1 Å². The number of hydrogen-bond acceptors (Lipinski definition) is 2. The Kier molecular flexibility index (Phi) is 6.09. The maximum absolute atomic E-state index is 5.43. The molecule has 0 spiro atoms. The van der Waals surface area contributed by atoms with Crippen LogP contribution in [0.2, 0.25) is 0 Å². The molecule has 0 aliphatic carbocycles. The van der Waals surface area contributed by atoms with Gasteiger partial charge >= 0.3 is 0 Å². The van der Waals surface area contributed by atoms with Crippen molar-refractivity contribution in [3.05, 3.63) is 65.7 Å². The summed E-state index contributed by atoms with van der Waals surface area (Å²) >= 11 is 3.27. The van der Waals surface area contributed by atoms with Crippen molar-refractivity contribution in [1.82, 2.24) is 5.32 Å². The molecule has 0 aromatic heterocycles. The highest BCUT2D eigenvalue weighted by Gasteiger charge is 2.04. The molecule has 0 amide bonds. The van der Waals surface area contributed by atoms with Crippen LogP contribution in [-0.2, 0) is 6.54 Å². The predicted octanol–water partition coefficient (Wildman–Crippen LogP) is 4.31. The highest BCUT2D eigenvalue weighted by molar-refractivity contribution is 9.09. The van der Waals surface area contributed by atoms with Crippen LogP contribution in [0.5, 0.6) is 5.75 Å². The molecule has 1 atom stereocenters. The maximum atomic E-state index is 5.43. The van der Waals surface area contributed by atoms with Gasteiger partial charge < -0.3 is 10.1 Å². The second kappa shape index (κ2) is 8.08. The summed E-state index contributed by atoms with van der Waals surface area (Å²) in [4.78, 5) is 0. The number of halogens is 1. The summed E-state index contributed by atoms with van der Waals surface area (Å²) < 4.78 is 5.43. The third-order valence-corrected chi connectivity index (χ3v) is 3.50. The van der Waals surface area contributed by atoms with Crippen molar-refractivity contribution in [1.29, 1.82) is 0 Å².